The third-order valence-electron chi connectivity index (χ3n) is 3.89. The van der Waals surface area contributed by atoms with Crippen LogP contribution in [0.2, 0.25) is 0 Å². The van der Waals surface area contributed by atoms with E-state index in [0.717, 1.165) is 12.8 Å². The first-order chi connectivity index (χ1) is 9.96. The second-order valence-electron chi connectivity index (χ2n) is 5.17. The molecule has 0 aliphatic carbocycles. The molecule has 0 spiro atoms. The lowest BCUT2D eigenvalue weighted by molar-refractivity contribution is -0.123. The molecule has 0 unspecified atom stereocenters. The molecule has 1 aromatic rings. The average Bonchev–Trinajstić information content (AvgIpc) is 2.51. The molecule has 0 aliphatic heterocycles. The number of ketones is 1. The van der Waals surface area contributed by atoms with Crippen molar-refractivity contribution in [2.75, 3.05) is 6.54 Å². The van der Waals surface area contributed by atoms with Crippen LogP contribution in [-0.2, 0) is 4.79 Å². The number of Topliss-reactive ketones (excluding diaryl/α,β-unsaturated/α-hetero) is 1. The van der Waals surface area contributed by atoms with E-state index in [1.807, 2.05) is 13.8 Å². The molecule has 6 heteroatoms. The Morgan fingerprint density at radius 1 is 1.14 bits per heavy atom. The summed E-state index contributed by atoms with van der Waals surface area (Å²) >= 11 is 0. The van der Waals surface area contributed by atoms with Gasteiger partial charge in [-0.1, -0.05) is 13.8 Å². The van der Waals surface area contributed by atoms with Crippen LogP contribution in [0.5, 0.6) is 0 Å². The Morgan fingerprint density at radius 2 is 1.68 bits per heavy atom. The maximum absolute atomic E-state index is 12.8. The van der Waals surface area contributed by atoms with E-state index in [1.165, 1.54) is 24.3 Å². The molecule has 0 saturated carbocycles. The van der Waals surface area contributed by atoms with E-state index in [0.29, 0.717) is 12.1 Å². The van der Waals surface area contributed by atoms with Crippen molar-refractivity contribution in [3.05, 3.63) is 35.6 Å². The molecule has 22 heavy (non-hydrogen) atoms. The lowest BCUT2D eigenvalue weighted by atomic mass is 9.92. The van der Waals surface area contributed by atoms with Gasteiger partial charge in [0.1, 0.15) is 5.82 Å². The minimum Gasteiger partial charge on any atom is -0.349 e. The number of amides is 1. The summed E-state index contributed by atoms with van der Waals surface area (Å²) in [5.41, 5.74) is 5.75. The van der Waals surface area contributed by atoms with Crippen LogP contribution in [-0.4, -0.2) is 23.8 Å². The Bertz CT molecular complexity index is 479. The van der Waals surface area contributed by atoms with Gasteiger partial charge in [-0.3, -0.25) is 9.59 Å². The second-order valence-corrected chi connectivity index (χ2v) is 5.17. The number of carbonyl (C=O) groups is 2. The molecule has 1 rings (SSSR count). The van der Waals surface area contributed by atoms with Crippen molar-refractivity contribution >= 4 is 24.1 Å². The highest BCUT2D eigenvalue weighted by Crippen LogP contribution is 2.14. The highest BCUT2D eigenvalue weighted by Gasteiger charge is 2.26. The third kappa shape index (κ3) is 5.73. The quantitative estimate of drug-likeness (QED) is 0.720. The van der Waals surface area contributed by atoms with Gasteiger partial charge in [0.2, 0.25) is 5.91 Å². The number of nitrogens with one attached hydrogen (secondary N) is 1. The zero-order valence-corrected chi connectivity index (χ0v) is 13.8. The van der Waals surface area contributed by atoms with Crippen molar-refractivity contribution in [1.29, 1.82) is 0 Å². The van der Waals surface area contributed by atoms with E-state index in [2.05, 4.69) is 5.32 Å². The first-order valence-electron chi connectivity index (χ1n) is 7.26. The summed E-state index contributed by atoms with van der Waals surface area (Å²) in [6, 6.07) is 5.33. The van der Waals surface area contributed by atoms with Crippen LogP contribution in [0.4, 0.5) is 4.39 Å². The average molecular weight is 331 g/mol. The van der Waals surface area contributed by atoms with Gasteiger partial charge in [0.25, 0.3) is 0 Å². The van der Waals surface area contributed by atoms with Crippen LogP contribution < -0.4 is 11.1 Å². The fourth-order valence-electron chi connectivity index (χ4n) is 2.13. The smallest absolute Gasteiger partial charge is 0.220 e. The van der Waals surface area contributed by atoms with Crippen LogP contribution in [0.15, 0.2) is 24.3 Å². The number of carbonyl (C=O) groups excluding carboxylic acids is 2. The molecular weight excluding hydrogens is 307 g/mol. The standard InChI is InChI=1S/C16H23FN2O2.ClH/c1-3-16(4-2,11-18)19-15(21)10-9-14(20)12-5-7-13(17)8-6-12;/h5-8H,3-4,9-11,18H2,1-2H3,(H,19,21);1H. The molecule has 0 aromatic heterocycles. The van der Waals surface area contributed by atoms with Crippen molar-refractivity contribution in [3.8, 4) is 0 Å². The molecule has 0 atom stereocenters. The highest BCUT2D eigenvalue weighted by atomic mass is 35.5. The summed E-state index contributed by atoms with van der Waals surface area (Å²) in [7, 11) is 0. The van der Waals surface area contributed by atoms with Gasteiger partial charge in [0.05, 0.1) is 5.54 Å². The van der Waals surface area contributed by atoms with Gasteiger partial charge in [-0.05, 0) is 37.1 Å². The van der Waals surface area contributed by atoms with Crippen molar-refractivity contribution in [3.63, 3.8) is 0 Å². The van der Waals surface area contributed by atoms with Gasteiger partial charge in [-0.15, -0.1) is 12.4 Å². The van der Waals surface area contributed by atoms with Gasteiger partial charge in [-0.25, -0.2) is 4.39 Å². The third-order valence-corrected chi connectivity index (χ3v) is 3.89. The van der Waals surface area contributed by atoms with Gasteiger partial charge in [0.15, 0.2) is 5.78 Å². The van der Waals surface area contributed by atoms with E-state index in [1.54, 1.807) is 0 Å². The monoisotopic (exact) mass is 330 g/mol. The Kier molecular flexibility index (Phi) is 8.90. The van der Waals surface area contributed by atoms with Crippen LogP contribution in [0.25, 0.3) is 0 Å². The summed E-state index contributed by atoms with van der Waals surface area (Å²) in [6.45, 7) is 4.32. The number of nitrogens with two attached hydrogens (primary N) is 1. The molecule has 1 aromatic carbocycles. The van der Waals surface area contributed by atoms with Crippen molar-refractivity contribution in [2.45, 2.75) is 45.1 Å². The number of benzene rings is 1. The number of hydrogen-bond acceptors (Lipinski definition) is 3. The summed E-state index contributed by atoms with van der Waals surface area (Å²) in [4.78, 5) is 23.9. The van der Waals surface area contributed by atoms with Crippen LogP contribution in [0, 0.1) is 5.82 Å². The molecular formula is C16H24ClFN2O2. The van der Waals surface area contributed by atoms with Crippen molar-refractivity contribution in [2.24, 2.45) is 5.73 Å². The van der Waals surface area contributed by atoms with Crippen LogP contribution in [0.1, 0.15) is 49.9 Å². The summed E-state index contributed by atoms with van der Waals surface area (Å²) < 4.78 is 12.8. The maximum Gasteiger partial charge on any atom is 0.220 e. The van der Waals surface area contributed by atoms with Gasteiger partial charge in [0, 0.05) is 24.9 Å². The molecule has 0 saturated heterocycles. The first-order valence-corrected chi connectivity index (χ1v) is 7.26. The fourth-order valence-corrected chi connectivity index (χ4v) is 2.13. The minimum atomic E-state index is -0.393. The van der Waals surface area contributed by atoms with E-state index < -0.39 is 5.54 Å². The van der Waals surface area contributed by atoms with Crippen molar-refractivity contribution < 1.29 is 14.0 Å². The van der Waals surface area contributed by atoms with E-state index in [4.69, 9.17) is 5.73 Å². The van der Waals surface area contributed by atoms with Crippen molar-refractivity contribution in [1.82, 2.24) is 5.32 Å². The van der Waals surface area contributed by atoms with E-state index in [9.17, 15) is 14.0 Å². The Hall–Kier alpha value is -1.46. The summed E-state index contributed by atoms with van der Waals surface area (Å²) in [6.07, 6.45) is 1.71. The van der Waals surface area contributed by atoms with Crippen LogP contribution in [0.3, 0.4) is 0 Å². The lowest BCUT2D eigenvalue weighted by Crippen LogP contribution is -2.52. The van der Waals surface area contributed by atoms with Gasteiger partial charge < -0.3 is 11.1 Å². The van der Waals surface area contributed by atoms with E-state index in [-0.39, 0.29) is 42.8 Å². The fraction of sp³-hybridized carbons (Fsp3) is 0.500. The zero-order valence-electron chi connectivity index (χ0n) is 13.0. The molecule has 0 bridgehead atoms. The van der Waals surface area contributed by atoms with E-state index >= 15 is 0 Å². The summed E-state index contributed by atoms with van der Waals surface area (Å²) in [5, 5.41) is 2.92. The van der Waals surface area contributed by atoms with Gasteiger partial charge in [-0.2, -0.15) is 0 Å². The number of rotatable bonds is 8. The molecule has 0 aliphatic rings. The molecule has 3 N–H and O–H groups in total. The Balaban J connectivity index is 0.00000441. The highest BCUT2D eigenvalue weighted by molar-refractivity contribution is 5.97. The molecule has 4 nitrogen and oxygen atoms in total. The topological polar surface area (TPSA) is 72.2 Å². The zero-order chi connectivity index (χ0) is 15.9. The normalized spacial score (nSPS) is 10.7. The molecule has 124 valence electrons. The Labute approximate surface area is 137 Å². The lowest BCUT2D eigenvalue weighted by Gasteiger charge is -2.31. The second kappa shape index (κ2) is 9.54. The minimum absolute atomic E-state index is 0. The number of hydrogen-bond donors (Lipinski definition) is 2. The predicted octanol–water partition coefficient (Wildman–Crippen LogP) is 2.84. The molecule has 0 heterocycles. The first kappa shape index (κ1) is 20.5. The van der Waals surface area contributed by atoms with Crippen LogP contribution >= 0.6 is 12.4 Å². The van der Waals surface area contributed by atoms with Gasteiger partial charge >= 0.3 is 0 Å². The maximum atomic E-state index is 12.8. The molecule has 0 fully saturated rings. The molecule has 1 amide bonds. The summed E-state index contributed by atoms with van der Waals surface area (Å²) in [5.74, 6) is -0.737. The molecule has 0 radical (unpaired) electrons. The predicted molar refractivity (Wildman–Crippen MR) is 87.7 cm³/mol. The Morgan fingerprint density at radius 3 is 2.14 bits per heavy atom. The SMILES string of the molecule is CCC(CC)(CN)NC(=O)CCC(=O)c1ccc(F)cc1.Cl. The number of halogens is 2. The largest absolute Gasteiger partial charge is 0.349 e.